The minimum absolute atomic E-state index is 0.184. The summed E-state index contributed by atoms with van der Waals surface area (Å²) in [6, 6.07) is 11.0. The lowest BCUT2D eigenvalue weighted by Crippen LogP contribution is -2.24. The Labute approximate surface area is 183 Å². The number of hydrogen-bond acceptors (Lipinski definition) is 3. The van der Waals surface area contributed by atoms with Crippen molar-refractivity contribution in [3.05, 3.63) is 65.4 Å². The molecule has 26 heavy (non-hydrogen) atoms. The number of carboxylic acid groups (broad SMARTS) is 1. The second-order valence-corrected chi connectivity index (χ2v) is 8.04. The van der Waals surface area contributed by atoms with Crippen LogP contribution in [0.5, 0.6) is 5.75 Å². The maximum Gasteiger partial charge on any atom is 0.352 e. The van der Waals surface area contributed by atoms with Crippen LogP contribution < -0.4 is 10.1 Å². The molecular formula is C18H14ClI2NO4. The largest absolute Gasteiger partial charge is 0.487 e. The van der Waals surface area contributed by atoms with Gasteiger partial charge in [-0.15, -0.1) is 0 Å². The van der Waals surface area contributed by atoms with Crippen molar-refractivity contribution in [1.82, 2.24) is 5.32 Å². The molecular weight excluding hydrogens is 583 g/mol. The van der Waals surface area contributed by atoms with Crippen LogP contribution >= 0.6 is 56.8 Å². The summed E-state index contributed by atoms with van der Waals surface area (Å²) in [7, 11) is 0. The molecule has 2 rings (SSSR count). The molecule has 0 spiro atoms. The number of benzene rings is 2. The average molecular weight is 598 g/mol. The van der Waals surface area contributed by atoms with Crippen LogP contribution in [0.15, 0.2) is 42.1 Å². The minimum Gasteiger partial charge on any atom is -0.487 e. The molecule has 0 atom stereocenters. The number of rotatable bonds is 6. The molecule has 1 amide bonds. The lowest BCUT2D eigenvalue weighted by atomic mass is 10.2. The molecule has 0 radical (unpaired) electrons. The van der Waals surface area contributed by atoms with E-state index in [1.165, 1.54) is 13.0 Å². The number of hydrogen-bond donors (Lipinski definition) is 2. The maximum atomic E-state index is 11.2. The van der Waals surface area contributed by atoms with Crippen LogP contribution in [-0.4, -0.2) is 17.0 Å². The summed E-state index contributed by atoms with van der Waals surface area (Å²) in [6.07, 6.45) is 1.41. The molecule has 2 aromatic carbocycles. The molecule has 0 saturated carbocycles. The maximum absolute atomic E-state index is 11.2. The van der Waals surface area contributed by atoms with Crippen molar-refractivity contribution in [2.75, 3.05) is 0 Å². The van der Waals surface area contributed by atoms with Crippen molar-refractivity contribution in [2.24, 2.45) is 0 Å². The Bertz CT molecular complexity index is 860. The normalized spacial score (nSPS) is 11.2. The highest BCUT2D eigenvalue weighted by Crippen LogP contribution is 2.30. The van der Waals surface area contributed by atoms with Crippen LogP contribution in [0, 0.1) is 7.14 Å². The molecule has 0 aliphatic rings. The topological polar surface area (TPSA) is 75.6 Å². The van der Waals surface area contributed by atoms with Crippen LogP contribution in [-0.2, 0) is 16.2 Å². The molecule has 0 aliphatic carbocycles. The Kier molecular flexibility index (Phi) is 7.71. The molecule has 2 aromatic rings. The number of halogens is 3. The summed E-state index contributed by atoms with van der Waals surface area (Å²) in [5.74, 6) is -0.934. The number of carbonyl (C=O) groups excluding carboxylic acids is 1. The lowest BCUT2D eigenvalue weighted by Gasteiger charge is -2.12. The number of nitrogens with one attached hydrogen (secondary N) is 1. The first-order chi connectivity index (χ1) is 12.3. The molecule has 136 valence electrons. The minimum atomic E-state index is -1.20. The van der Waals surface area contributed by atoms with E-state index in [1.54, 1.807) is 18.2 Å². The van der Waals surface area contributed by atoms with Crippen LogP contribution in [0.3, 0.4) is 0 Å². The van der Waals surface area contributed by atoms with Gasteiger partial charge in [-0.05, 0) is 86.7 Å². The Morgan fingerprint density at radius 2 is 1.88 bits per heavy atom. The van der Waals surface area contributed by atoms with Gasteiger partial charge in [0.25, 0.3) is 0 Å². The summed E-state index contributed by atoms with van der Waals surface area (Å²) in [5.41, 5.74) is 1.42. The van der Waals surface area contributed by atoms with E-state index in [-0.39, 0.29) is 5.70 Å². The number of aliphatic carboxylic acids is 1. The van der Waals surface area contributed by atoms with Gasteiger partial charge in [0, 0.05) is 11.9 Å². The van der Waals surface area contributed by atoms with Crippen molar-refractivity contribution in [3.8, 4) is 5.75 Å². The second-order valence-electron chi connectivity index (χ2n) is 5.28. The smallest absolute Gasteiger partial charge is 0.352 e. The van der Waals surface area contributed by atoms with Crippen molar-refractivity contribution in [2.45, 2.75) is 13.5 Å². The predicted octanol–water partition coefficient (Wildman–Crippen LogP) is 4.69. The fourth-order valence-corrected chi connectivity index (χ4v) is 4.43. The fraction of sp³-hybridized carbons (Fsp3) is 0.111. The SMILES string of the molecule is CC(=O)NC(=Cc1cc(I)c(OCc2cccc(Cl)c2)c(I)c1)C(=O)O. The molecule has 2 N–H and O–H groups in total. The molecule has 0 fully saturated rings. The van der Waals surface area contributed by atoms with Gasteiger partial charge in [0.2, 0.25) is 5.91 Å². The zero-order chi connectivity index (χ0) is 19.3. The van der Waals surface area contributed by atoms with Gasteiger partial charge < -0.3 is 15.2 Å². The number of ether oxygens (including phenoxy) is 1. The quantitative estimate of drug-likeness (QED) is 0.375. The van der Waals surface area contributed by atoms with Crippen LogP contribution in [0.25, 0.3) is 6.08 Å². The summed E-state index contributed by atoms with van der Waals surface area (Å²) in [4.78, 5) is 22.4. The van der Waals surface area contributed by atoms with E-state index < -0.39 is 11.9 Å². The van der Waals surface area contributed by atoms with E-state index in [0.29, 0.717) is 22.9 Å². The molecule has 0 aromatic heterocycles. The zero-order valence-corrected chi connectivity index (χ0v) is 18.6. The summed E-state index contributed by atoms with van der Waals surface area (Å²) in [6.45, 7) is 1.63. The van der Waals surface area contributed by atoms with E-state index in [4.69, 9.17) is 16.3 Å². The van der Waals surface area contributed by atoms with Gasteiger partial charge >= 0.3 is 5.97 Å². The Morgan fingerprint density at radius 3 is 2.42 bits per heavy atom. The zero-order valence-electron chi connectivity index (χ0n) is 13.6. The predicted molar refractivity (Wildman–Crippen MR) is 117 cm³/mol. The highest BCUT2D eigenvalue weighted by Gasteiger charge is 2.12. The molecule has 0 saturated heterocycles. The molecule has 8 heteroatoms. The van der Waals surface area contributed by atoms with Gasteiger partial charge in [-0.3, -0.25) is 4.79 Å². The van der Waals surface area contributed by atoms with Crippen LogP contribution in [0.2, 0.25) is 5.02 Å². The third-order valence-electron chi connectivity index (χ3n) is 3.14. The summed E-state index contributed by atoms with van der Waals surface area (Å²) in [5, 5.41) is 12.1. The Hall–Kier alpha value is -1.33. The molecule has 5 nitrogen and oxygen atoms in total. The van der Waals surface area contributed by atoms with E-state index in [0.717, 1.165) is 12.7 Å². The summed E-state index contributed by atoms with van der Waals surface area (Å²) < 4.78 is 7.56. The van der Waals surface area contributed by atoms with E-state index in [9.17, 15) is 14.7 Å². The fourth-order valence-electron chi connectivity index (χ4n) is 2.09. The van der Waals surface area contributed by atoms with Gasteiger partial charge in [0.15, 0.2) is 0 Å². The molecule has 0 aliphatic heterocycles. The monoisotopic (exact) mass is 597 g/mol. The lowest BCUT2D eigenvalue weighted by molar-refractivity contribution is -0.134. The van der Waals surface area contributed by atoms with Gasteiger partial charge in [-0.25, -0.2) is 4.79 Å². The number of amides is 1. The van der Waals surface area contributed by atoms with Crippen molar-refractivity contribution in [3.63, 3.8) is 0 Å². The first-order valence-corrected chi connectivity index (χ1v) is 9.88. The molecule has 0 unspecified atom stereocenters. The first-order valence-electron chi connectivity index (χ1n) is 7.35. The Balaban J connectivity index is 2.24. The highest BCUT2D eigenvalue weighted by atomic mass is 127. The standard InChI is InChI=1S/C18H14ClI2NO4/c1-10(23)22-16(18(24)25)8-12-6-14(20)17(15(21)7-12)26-9-11-3-2-4-13(19)5-11/h2-8H,9H2,1H3,(H,22,23)(H,24,25). The molecule has 0 heterocycles. The van der Waals surface area contributed by atoms with Gasteiger partial charge in [0.05, 0.1) is 7.14 Å². The average Bonchev–Trinajstić information content (AvgIpc) is 2.53. The second kappa shape index (κ2) is 9.56. The van der Waals surface area contributed by atoms with Crippen LogP contribution in [0.1, 0.15) is 18.1 Å². The van der Waals surface area contributed by atoms with Crippen molar-refractivity contribution in [1.29, 1.82) is 0 Å². The van der Waals surface area contributed by atoms with Gasteiger partial charge in [-0.2, -0.15) is 0 Å². The van der Waals surface area contributed by atoms with Gasteiger partial charge in [-0.1, -0.05) is 23.7 Å². The van der Waals surface area contributed by atoms with Crippen molar-refractivity contribution < 1.29 is 19.4 Å². The number of carbonyl (C=O) groups is 2. The van der Waals surface area contributed by atoms with Crippen LogP contribution in [0.4, 0.5) is 0 Å². The van der Waals surface area contributed by atoms with Gasteiger partial charge in [0.1, 0.15) is 18.1 Å². The number of carboxylic acids is 1. The Morgan fingerprint density at radius 1 is 1.23 bits per heavy atom. The van der Waals surface area contributed by atoms with E-state index >= 15 is 0 Å². The molecule has 0 bridgehead atoms. The van der Waals surface area contributed by atoms with E-state index in [1.807, 2.05) is 18.2 Å². The third kappa shape index (κ3) is 6.13. The highest BCUT2D eigenvalue weighted by molar-refractivity contribution is 14.1. The third-order valence-corrected chi connectivity index (χ3v) is 4.98. The first kappa shape index (κ1) is 21.0. The summed E-state index contributed by atoms with van der Waals surface area (Å²) >= 11 is 10.2. The van der Waals surface area contributed by atoms with Crippen molar-refractivity contribution >= 4 is 74.7 Å². The van der Waals surface area contributed by atoms with E-state index in [2.05, 4.69) is 50.5 Å².